The molecule has 0 N–H and O–H groups in total. The maximum absolute atomic E-state index is 12.9. The van der Waals surface area contributed by atoms with Crippen molar-refractivity contribution in [2.75, 3.05) is 13.1 Å². The summed E-state index contributed by atoms with van der Waals surface area (Å²) in [5, 5.41) is 4.33. The van der Waals surface area contributed by atoms with Gasteiger partial charge in [-0.15, -0.1) is 0 Å². The third kappa shape index (κ3) is 3.34. The van der Waals surface area contributed by atoms with E-state index in [1.807, 2.05) is 17.9 Å². The lowest BCUT2D eigenvalue weighted by molar-refractivity contribution is 0.0961. The molecular weight excluding hydrogens is 293 g/mol. The number of nitrogens with zero attached hydrogens (tertiary/aromatic N) is 3. The molecule has 2 heterocycles. The average Bonchev–Trinajstić information content (AvgIpc) is 3.13. The molecule has 122 valence electrons. The Morgan fingerprint density at radius 1 is 1.35 bits per heavy atom. The molecule has 0 amide bonds. The van der Waals surface area contributed by atoms with Crippen LogP contribution in [-0.2, 0) is 7.05 Å². The van der Waals surface area contributed by atoms with E-state index in [1.165, 1.54) is 23.4 Å². The van der Waals surface area contributed by atoms with Crippen LogP contribution in [0, 0.1) is 12.7 Å². The molecule has 1 aliphatic rings. The molecule has 0 bridgehead atoms. The van der Waals surface area contributed by atoms with Crippen LogP contribution in [0.2, 0.25) is 0 Å². The summed E-state index contributed by atoms with van der Waals surface area (Å²) in [5.41, 5.74) is 3.03. The van der Waals surface area contributed by atoms with Crippen molar-refractivity contribution in [3.8, 4) is 0 Å². The largest absolute Gasteiger partial charge is 0.296 e. The fourth-order valence-corrected chi connectivity index (χ4v) is 3.31. The predicted molar refractivity (Wildman–Crippen MR) is 86.8 cm³/mol. The summed E-state index contributed by atoms with van der Waals surface area (Å²) < 4.78 is 14.8. The van der Waals surface area contributed by atoms with E-state index < -0.39 is 0 Å². The van der Waals surface area contributed by atoms with E-state index in [4.69, 9.17) is 0 Å². The molecule has 1 aliphatic heterocycles. The van der Waals surface area contributed by atoms with Gasteiger partial charge in [-0.2, -0.15) is 5.10 Å². The van der Waals surface area contributed by atoms with Crippen LogP contribution in [0.15, 0.2) is 30.5 Å². The Labute approximate surface area is 135 Å². The summed E-state index contributed by atoms with van der Waals surface area (Å²) in [6.45, 7) is 3.83. The van der Waals surface area contributed by atoms with Gasteiger partial charge in [0.15, 0.2) is 5.78 Å². The highest BCUT2D eigenvalue weighted by Gasteiger charge is 2.28. The quantitative estimate of drug-likeness (QED) is 0.795. The Morgan fingerprint density at radius 2 is 2.09 bits per heavy atom. The Kier molecular flexibility index (Phi) is 4.57. The van der Waals surface area contributed by atoms with Crippen LogP contribution in [0.1, 0.15) is 46.9 Å². The summed E-state index contributed by atoms with van der Waals surface area (Å²) in [6.07, 6.45) is 4.66. The van der Waals surface area contributed by atoms with Crippen molar-refractivity contribution in [3.63, 3.8) is 0 Å². The number of benzene rings is 1. The molecule has 3 rings (SSSR count). The summed E-state index contributed by atoms with van der Waals surface area (Å²) in [6, 6.07) is 6.15. The molecular formula is C18H22FN3O. The maximum atomic E-state index is 12.9. The van der Waals surface area contributed by atoms with Crippen LogP contribution >= 0.6 is 0 Å². The van der Waals surface area contributed by atoms with Crippen LogP contribution in [0.5, 0.6) is 0 Å². The fourth-order valence-electron chi connectivity index (χ4n) is 3.31. The Morgan fingerprint density at radius 3 is 2.74 bits per heavy atom. The van der Waals surface area contributed by atoms with E-state index in [9.17, 15) is 9.18 Å². The molecule has 4 nitrogen and oxygen atoms in total. The first-order chi connectivity index (χ1) is 11.1. The number of rotatable bonds is 5. The SMILES string of the molecule is Cc1c([C@@H]2CCCN2CCC(=O)c2ccc(F)cc2)cnn1C. The molecule has 0 aliphatic carbocycles. The molecule has 1 atom stereocenters. The number of carbonyl (C=O) groups excluding carboxylic acids is 1. The number of halogens is 1. The number of carbonyl (C=O) groups is 1. The Bertz CT molecular complexity index is 693. The summed E-state index contributed by atoms with van der Waals surface area (Å²) in [7, 11) is 1.95. The van der Waals surface area contributed by atoms with Gasteiger partial charge < -0.3 is 0 Å². The molecule has 0 saturated carbocycles. The third-order valence-electron chi connectivity index (χ3n) is 4.79. The molecule has 1 fully saturated rings. The number of aryl methyl sites for hydroxylation is 1. The smallest absolute Gasteiger partial charge is 0.164 e. The lowest BCUT2D eigenvalue weighted by Crippen LogP contribution is -2.26. The van der Waals surface area contributed by atoms with E-state index in [-0.39, 0.29) is 11.6 Å². The number of aromatic nitrogens is 2. The Balaban J connectivity index is 1.64. The third-order valence-corrected chi connectivity index (χ3v) is 4.79. The van der Waals surface area contributed by atoms with E-state index in [0.717, 1.165) is 25.9 Å². The van der Waals surface area contributed by atoms with E-state index in [0.29, 0.717) is 18.0 Å². The maximum Gasteiger partial charge on any atom is 0.164 e. The lowest BCUT2D eigenvalue weighted by atomic mass is 10.0. The fraction of sp³-hybridized carbons (Fsp3) is 0.444. The lowest BCUT2D eigenvalue weighted by Gasteiger charge is -2.24. The van der Waals surface area contributed by atoms with Gasteiger partial charge in [-0.25, -0.2) is 4.39 Å². The molecule has 0 unspecified atom stereocenters. The van der Waals surface area contributed by atoms with E-state index >= 15 is 0 Å². The van der Waals surface area contributed by atoms with Crippen LogP contribution < -0.4 is 0 Å². The van der Waals surface area contributed by atoms with Crippen molar-refractivity contribution in [2.45, 2.75) is 32.2 Å². The van der Waals surface area contributed by atoms with Gasteiger partial charge in [0.25, 0.3) is 0 Å². The summed E-state index contributed by atoms with van der Waals surface area (Å²) >= 11 is 0. The average molecular weight is 315 g/mol. The van der Waals surface area contributed by atoms with Crippen molar-refractivity contribution in [1.82, 2.24) is 14.7 Å². The van der Waals surface area contributed by atoms with Gasteiger partial charge in [0.1, 0.15) is 5.82 Å². The molecule has 0 radical (unpaired) electrons. The zero-order chi connectivity index (χ0) is 16.4. The standard InChI is InChI=1S/C18H22FN3O/c1-13-16(12-20-21(13)2)17-4-3-10-22(17)11-9-18(23)14-5-7-15(19)8-6-14/h5-8,12,17H,3-4,9-11H2,1-2H3/t17-/m0/s1. The van der Waals surface area contributed by atoms with Crippen molar-refractivity contribution in [2.24, 2.45) is 7.05 Å². The normalized spacial score (nSPS) is 18.5. The zero-order valence-corrected chi connectivity index (χ0v) is 13.6. The first kappa shape index (κ1) is 15.9. The topological polar surface area (TPSA) is 38.1 Å². The van der Waals surface area contributed by atoms with Gasteiger partial charge in [-0.05, 0) is 50.6 Å². The number of hydrogen-bond acceptors (Lipinski definition) is 3. The molecule has 0 spiro atoms. The van der Waals surface area contributed by atoms with Gasteiger partial charge in [-0.1, -0.05) is 0 Å². The molecule has 1 saturated heterocycles. The highest BCUT2D eigenvalue weighted by Crippen LogP contribution is 2.33. The van der Waals surface area contributed by atoms with Crippen molar-refractivity contribution in [1.29, 1.82) is 0 Å². The number of Topliss-reactive ketones (excluding diaryl/α,β-unsaturated/α-hetero) is 1. The van der Waals surface area contributed by atoms with Gasteiger partial charge >= 0.3 is 0 Å². The molecule has 1 aromatic carbocycles. The molecule has 23 heavy (non-hydrogen) atoms. The minimum atomic E-state index is -0.312. The second-order valence-electron chi connectivity index (χ2n) is 6.18. The van der Waals surface area contributed by atoms with Crippen molar-refractivity contribution < 1.29 is 9.18 Å². The molecule has 2 aromatic rings. The van der Waals surface area contributed by atoms with E-state index in [2.05, 4.69) is 16.9 Å². The van der Waals surface area contributed by atoms with Gasteiger partial charge in [0.05, 0.1) is 6.20 Å². The second-order valence-corrected chi connectivity index (χ2v) is 6.18. The number of likely N-dealkylation sites (tertiary alicyclic amines) is 1. The number of hydrogen-bond donors (Lipinski definition) is 0. The van der Waals surface area contributed by atoms with Crippen molar-refractivity contribution in [3.05, 3.63) is 53.1 Å². The van der Waals surface area contributed by atoms with Crippen molar-refractivity contribution >= 4 is 5.78 Å². The van der Waals surface area contributed by atoms with E-state index in [1.54, 1.807) is 12.1 Å². The first-order valence-corrected chi connectivity index (χ1v) is 8.07. The van der Waals surface area contributed by atoms with Gasteiger partial charge in [-0.3, -0.25) is 14.4 Å². The minimum Gasteiger partial charge on any atom is -0.296 e. The highest BCUT2D eigenvalue weighted by molar-refractivity contribution is 5.96. The predicted octanol–water partition coefficient (Wildman–Crippen LogP) is 3.28. The number of ketones is 1. The summed E-state index contributed by atoms with van der Waals surface area (Å²) in [4.78, 5) is 14.6. The van der Waals surface area contributed by atoms with Crippen LogP contribution in [0.4, 0.5) is 4.39 Å². The zero-order valence-electron chi connectivity index (χ0n) is 13.6. The summed E-state index contributed by atoms with van der Waals surface area (Å²) in [5.74, 6) is -0.244. The second kappa shape index (κ2) is 6.62. The van der Waals surface area contributed by atoms with Crippen LogP contribution in [-0.4, -0.2) is 33.6 Å². The van der Waals surface area contributed by atoms with Crippen LogP contribution in [0.25, 0.3) is 0 Å². The first-order valence-electron chi connectivity index (χ1n) is 8.07. The van der Waals surface area contributed by atoms with Gasteiger partial charge in [0, 0.05) is 42.9 Å². The van der Waals surface area contributed by atoms with Gasteiger partial charge in [0.2, 0.25) is 0 Å². The highest BCUT2D eigenvalue weighted by atomic mass is 19.1. The monoisotopic (exact) mass is 315 g/mol. The molecule has 1 aromatic heterocycles. The van der Waals surface area contributed by atoms with Crippen LogP contribution in [0.3, 0.4) is 0 Å². The molecule has 5 heteroatoms. The minimum absolute atomic E-state index is 0.0681. The Hall–Kier alpha value is -2.01.